The maximum absolute atomic E-state index is 13.1. The average molecular weight is 893 g/mol. The molecule has 4 saturated carbocycles. The number of carboxylic acid groups (broad SMARTS) is 2. The predicted octanol–water partition coefficient (Wildman–Crippen LogP) is 4.43. The molecule has 11 atom stereocenters. The van der Waals surface area contributed by atoms with Gasteiger partial charge < -0.3 is 41.1 Å². The molecule has 0 spiro atoms. The van der Waals surface area contributed by atoms with Crippen LogP contribution in [0.25, 0.3) is 0 Å². The number of hydrogen-bond acceptors (Lipinski definition) is 10. The number of fused-ring (bicyclic) bond motifs is 5. The monoisotopic (exact) mass is 893 g/mol. The summed E-state index contributed by atoms with van der Waals surface area (Å²) < 4.78 is 0. The molecule has 8 N–H and O–H groups in total. The molecule has 5 rings (SSSR count). The molecular formula is C48H77BN6O9. The van der Waals surface area contributed by atoms with Gasteiger partial charge in [-0.1, -0.05) is 57.9 Å². The first-order chi connectivity index (χ1) is 30.5. The Morgan fingerprint density at radius 2 is 1.52 bits per heavy atom. The zero-order valence-electron chi connectivity index (χ0n) is 38.9. The number of carboxylic acids is 2. The van der Waals surface area contributed by atoms with Gasteiger partial charge in [0, 0.05) is 39.2 Å². The van der Waals surface area contributed by atoms with Crippen LogP contribution in [0.1, 0.15) is 142 Å². The summed E-state index contributed by atoms with van der Waals surface area (Å²) in [6.07, 6.45) is 15.7. The van der Waals surface area contributed by atoms with Crippen LogP contribution >= 0.6 is 0 Å². The Labute approximate surface area is 380 Å². The van der Waals surface area contributed by atoms with Crippen molar-refractivity contribution in [1.29, 1.82) is 0 Å². The Bertz CT molecular complexity index is 1770. The predicted molar refractivity (Wildman–Crippen MR) is 247 cm³/mol. The van der Waals surface area contributed by atoms with Crippen molar-refractivity contribution in [2.45, 2.75) is 161 Å². The largest absolute Gasteiger partial charge is 0.488 e. The van der Waals surface area contributed by atoms with Crippen LogP contribution in [0.3, 0.4) is 0 Å². The van der Waals surface area contributed by atoms with Gasteiger partial charge in [0.25, 0.3) is 0 Å². The van der Waals surface area contributed by atoms with E-state index < -0.39 is 43.1 Å². The lowest BCUT2D eigenvalue weighted by Crippen LogP contribution is -2.53. The first-order valence-corrected chi connectivity index (χ1v) is 24.1. The van der Waals surface area contributed by atoms with Crippen molar-refractivity contribution in [3.05, 3.63) is 29.8 Å². The summed E-state index contributed by atoms with van der Waals surface area (Å²) in [5.41, 5.74) is 4.49. The van der Waals surface area contributed by atoms with Gasteiger partial charge in [-0.15, -0.1) is 0 Å². The van der Waals surface area contributed by atoms with Gasteiger partial charge in [0.2, 0.25) is 17.7 Å². The summed E-state index contributed by atoms with van der Waals surface area (Å²) in [6.45, 7) is 11.8. The maximum Gasteiger partial charge on any atom is 0.488 e. The number of carbonyl (C=O) groups excluding carboxylic acids is 3. The number of aliphatic carboxylic acids is 2. The summed E-state index contributed by atoms with van der Waals surface area (Å²) in [4.78, 5) is 64.9. The molecule has 0 aromatic heterocycles. The van der Waals surface area contributed by atoms with Crippen LogP contribution in [0.2, 0.25) is 0 Å². The molecule has 0 saturated heterocycles. The summed E-state index contributed by atoms with van der Waals surface area (Å²) in [5.74, 6) is 0.717. The van der Waals surface area contributed by atoms with Gasteiger partial charge in [-0.2, -0.15) is 5.10 Å². The van der Waals surface area contributed by atoms with Crippen molar-refractivity contribution in [3.8, 4) is 0 Å². The second-order valence-corrected chi connectivity index (χ2v) is 20.3. The van der Waals surface area contributed by atoms with E-state index in [4.69, 9.17) is 0 Å². The van der Waals surface area contributed by atoms with Crippen LogP contribution in [0.5, 0.6) is 0 Å². The number of rotatable bonds is 25. The fraction of sp³-hybridized carbons (Fsp3) is 0.750. The van der Waals surface area contributed by atoms with Gasteiger partial charge >= 0.3 is 19.1 Å². The second kappa shape index (κ2) is 23.4. The van der Waals surface area contributed by atoms with Crippen molar-refractivity contribution >= 4 is 49.0 Å². The Morgan fingerprint density at radius 1 is 0.812 bits per heavy atom. The van der Waals surface area contributed by atoms with Gasteiger partial charge in [-0.25, -0.2) is 9.59 Å². The average Bonchev–Trinajstić information content (AvgIpc) is 3.62. The molecular weight excluding hydrogens is 815 g/mol. The molecule has 4 aliphatic rings. The Hall–Kier alpha value is -4.02. The second-order valence-electron chi connectivity index (χ2n) is 20.3. The lowest BCUT2D eigenvalue weighted by Gasteiger charge is -2.61. The number of carbonyl (C=O) groups is 5. The van der Waals surface area contributed by atoms with Crippen molar-refractivity contribution in [2.75, 3.05) is 20.1 Å². The molecule has 4 aliphatic carbocycles. The highest BCUT2D eigenvalue weighted by Gasteiger charge is 2.60. The van der Waals surface area contributed by atoms with E-state index in [1.165, 1.54) is 64.2 Å². The molecule has 0 heterocycles. The Balaban J connectivity index is 0.980. The standard InChI is InChI=1S/C48H77BN6O9/c1-31(35-19-20-36-34-18-17-33-13-8-10-26-47(33,2)37(34)24-27-48(35,36)3)16-22-43(57)52-40(45(59)60)21-23-42(56)51-28-11-9-15-39(54-50-4)44(58)53-41(46(61)62)25-29-55(5)30-32-12-6-7-14-38(32)49(63)64/h6-7,12,14,31,33-37,39-41,54,63-64H,4,8-11,13,15-30H2,1-3,5H3,(H,51,56)(H,52,57)(H,53,58)(H,59,60)(H,61,62)/t31?,33-,34?,35?,36?,37?,39?,40?,41?,47-,48+/m1/s1. The minimum absolute atomic E-state index is 0.0377. The fourth-order valence-electron chi connectivity index (χ4n) is 13.0. The highest BCUT2D eigenvalue weighted by Crippen LogP contribution is 2.68. The van der Waals surface area contributed by atoms with Gasteiger partial charge in [0.05, 0.1) is 0 Å². The van der Waals surface area contributed by atoms with Gasteiger partial charge in [-0.05, 0) is 154 Å². The SMILES string of the molecule is C=NNC(CCCCNC(=O)CCC(NC(=O)CCC(C)C1CCC2C3CC[C@H]4CCCC[C@@]4(C)C3CC[C@@]12C)C(=O)O)C(=O)NC(CCN(C)Cc1ccccc1B(O)O)C(=O)O. The van der Waals surface area contributed by atoms with Gasteiger partial charge in [0.1, 0.15) is 18.1 Å². The van der Waals surface area contributed by atoms with Crippen LogP contribution in [-0.4, -0.2) is 107 Å². The molecule has 4 fully saturated rings. The van der Waals surface area contributed by atoms with Crippen molar-refractivity contribution in [1.82, 2.24) is 26.3 Å². The third kappa shape index (κ3) is 12.9. The van der Waals surface area contributed by atoms with E-state index in [1.54, 1.807) is 31.3 Å². The van der Waals surface area contributed by atoms with Crippen LogP contribution in [0.4, 0.5) is 0 Å². The van der Waals surface area contributed by atoms with Crippen LogP contribution in [-0.2, 0) is 30.5 Å². The zero-order chi connectivity index (χ0) is 46.6. The lowest BCUT2D eigenvalue weighted by atomic mass is 9.44. The summed E-state index contributed by atoms with van der Waals surface area (Å²) in [7, 11) is 0.132. The number of unbranched alkanes of at least 4 members (excludes halogenated alkanes) is 1. The van der Waals surface area contributed by atoms with E-state index >= 15 is 0 Å². The van der Waals surface area contributed by atoms with E-state index in [1.807, 2.05) is 4.90 Å². The highest BCUT2D eigenvalue weighted by atomic mass is 16.4. The Kier molecular flexibility index (Phi) is 18.7. The Morgan fingerprint density at radius 3 is 2.23 bits per heavy atom. The van der Waals surface area contributed by atoms with Crippen LogP contribution in [0.15, 0.2) is 29.4 Å². The van der Waals surface area contributed by atoms with E-state index in [-0.39, 0.29) is 50.5 Å². The number of nitrogens with one attached hydrogen (secondary N) is 4. The lowest BCUT2D eigenvalue weighted by molar-refractivity contribution is -0.142. The molecule has 3 amide bonds. The molecule has 0 bridgehead atoms. The van der Waals surface area contributed by atoms with Gasteiger partial charge in [0.15, 0.2) is 0 Å². The molecule has 8 unspecified atom stereocenters. The van der Waals surface area contributed by atoms with E-state index in [2.05, 4.69) is 54.0 Å². The molecule has 16 heteroatoms. The molecule has 356 valence electrons. The minimum atomic E-state index is -1.64. The number of nitrogens with zero attached hydrogens (tertiary/aromatic N) is 2. The number of benzene rings is 1. The van der Waals surface area contributed by atoms with Crippen molar-refractivity contribution in [2.24, 2.45) is 51.4 Å². The summed E-state index contributed by atoms with van der Waals surface area (Å²) >= 11 is 0. The minimum Gasteiger partial charge on any atom is -0.480 e. The third-order valence-corrected chi connectivity index (χ3v) is 16.5. The fourth-order valence-corrected chi connectivity index (χ4v) is 13.0. The quantitative estimate of drug-likeness (QED) is 0.0296. The van der Waals surface area contributed by atoms with Crippen molar-refractivity contribution in [3.63, 3.8) is 0 Å². The third-order valence-electron chi connectivity index (χ3n) is 16.5. The first-order valence-electron chi connectivity index (χ1n) is 24.1. The van der Waals surface area contributed by atoms with Crippen LogP contribution in [0, 0.1) is 46.3 Å². The molecule has 1 aromatic rings. The molecule has 0 radical (unpaired) electrons. The maximum atomic E-state index is 13.1. The molecule has 64 heavy (non-hydrogen) atoms. The molecule has 1 aromatic carbocycles. The number of hydrazone groups is 1. The van der Waals surface area contributed by atoms with Crippen molar-refractivity contribution < 1.29 is 44.2 Å². The number of hydrogen-bond donors (Lipinski definition) is 8. The first kappa shape index (κ1) is 51.0. The van der Waals surface area contributed by atoms with E-state index in [0.29, 0.717) is 66.0 Å². The number of amides is 3. The smallest absolute Gasteiger partial charge is 0.480 e. The summed E-state index contributed by atoms with van der Waals surface area (Å²) in [5, 5.41) is 50.7. The summed E-state index contributed by atoms with van der Waals surface area (Å²) in [6, 6.07) is 3.62. The normalized spacial score (nSPS) is 28.0. The molecule has 0 aliphatic heterocycles. The van der Waals surface area contributed by atoms with E-state index in [0.717, 1.165) is 23.7 Å². The van der Waals surface area contributed by atoms with Gasteiger partial charge in [-0.3, -0.25) is 19.8 Å². The zero-order valence-corrected chi connectivity index (χ0v) is 38.9. The van der Waals surface area contributed by atoms with E-state index in [9.17, 15) is 44.2 Å². The molecule has 15 nitrogen and oxygen atoms in total. The highest BCUT2D eigenvalue weighted by molar-refractivity contribution is 6.59. The van der Waals surface area contributed by atoms with Crippen LogP contribution < -0.4 is 26.8 Å². The topological polar surface area (TPSA) is 230 Å².